The van der Waals surface area contributed by atoms with Gasteiger partial charge in [0.1, 0.15) is 0 Å². The van der Waals surface area contributed by atoms with E-state index in [1.807, 2.05) is 0 Å². The van der Waals surface area contributed by atoms with Crippen molar-refractivity contribution < 1.29 is 13.2 Å². The van der Waals surface area contributed by atoms with Gasteiger partial charge in [0.15, 0.2) is 9.84 Å². The quantitative estimate of drug-likeness (QED) is 0.663. The van der Waals surface area contributed by atoms with Gasteiger partial charge in [-0.2, -0.15) is 0 Å². The van der Waals surface area contributed by atoms with Gasteiger partial charge < -0.3 is 10.1 Å². The predicted molar refractivity (Wildman–Crippen MR) is 60.7 cm³/mol. The van der Waals surface area contributed by atoms with Crippen molar-refractivity contribution in [1.82, 2.24) is 5.32 Å². The van der Waals surface area contributed by atoms with Gasteiger partial charge in [0.25, 0.3) is 0 Å². The Morgan fingerprint density at radius 3 is 2.60 bits per heavy atom. The van der Waals surface area contributed by atoms with Crippen LogP contribution in [0.15, 0.2) is 0 Å². The van der Waals surface area contributed by atoms with Gasteiger partial charge >= 0.3 is 0 Å². The minimum atomic E-state index is -2.93. The monoisotopic (exact) mass is 235 g/mol. The Labute approximate surface area is 92.3 Å². The molecule has 0 radical (unpaired) electrons. The molecule has 1 unspecified atom stereocenters. The maximum atomic E-state index is 11.4. The minimum Gasteiger partial charge on any atom is -0.384 e. The SMILES string of the molecule is COCCS(=O)(=O)CCNC(C)C1CC1. The Hall–Kier alpha value is -0.130. The summed E-state index contributed by atoms with van der Waals surface area (Å²) in [5, 5.41) is 3.26. The van der Waals surface area contributed by atoms with Crippen molar-refractivity contribution in [2.24, 2.45) is 5.92 Å². The molecule has 1 aliphatic rings. The van der Waals surface area contributed by atoms with Crippen LogP contribution >= 0.6 is 0 Å². The molecule has 0 aromatic carbocycles. The van der Waals surface area contributed by atoms with E-state index >= 15 is 0 Å². The maximum absolute atomic E-state index is 11.4. The van der Waals surface area contributed by atoms with Crippen molar-refractivity contribution in [3.8, 4) is 0 Å². The summed E-state index contributed by atoms with van der Waals surface area (Å²) in [5.41, 5.74) is 0. The summed E-state index contributed by atoms with van der Waals surface area (Å²) >= 11 is 0. The third kappa shape index (κ3) is 5.49. The Balaban J connectivity index is 2.12. The van der Waals surface area contributed by atoms with Crippen molar-refractivity contribution in [2.45, 2.75) is 25.8 Å². The molecule has 0 heterocycles. The summed E-state index contributed by atoms with van der Waals surface area (Å²) in [6.07, 6.45) is 2.56. The van der Waals surface area contributed by atoms with Gasteiger partial charge in [-0.25, -0.2) is 8.42 Å². The van der Waals surface area contributed by atoms with E-state index in [-0.39, 0.29) is 11.5 Å². The molecule has 0 aromatic heterocycles. The lowest BCUT2D eigenvalue weighted by atomic mass is 10.2. The van der Waals surface area contributed by atoms with Gasteiger partial charge in [0, 0.05) is 19.7 Å². The maximum Gasteiger partial charge on any atom is 0.153 e. The number of hydrogen-bond acceptors (Lipinski definition) is 4. The summed E-state index contributed by atoms with van der Waals surface area (Å²) in [6.45, 7) is 2.98. The molecule has 1 atom stereocenters. The van der Waals surface area contributed by atoms with E-state index in [1.165, 1.54) is 20.0 Å². The molecule has 90 valence electrons. The molecule has 4 nitrogen and oxygen atoms in total. The molecule has 1 aliphatic carbocycles. The van der Waals surface area contributed by atoms with Crippen LogP contribution in [0.5, 0.6) is 0 Å². The number of sulfone groups is 1. The van der Waals surface area contributed by atoms with Crippen molar-refractivity contribution in [3.63, 3.8) is 0 Å². The van der Waals surface area contributed by atoms with Crippen LogP contribution in [0.25, 0.3) is 0 Å². The first-order valence-corrected chi connectivity index (χ1v) is 7.30. The van der Waals surface area contributed by atoms with Crippen LogP contribution in [0.4, 0.5) is 0 Å². The highest BCUT2D eigenvalue weighted by Gasteiger charge is 2.27. The van der Waals surface area contributed by atoms with Crippen LogP contribution in [0, 0.1) is 5.92 Å². The first kappa shape index (κ1) is 12.9. The van der Waals surface area contributed by atoms with Crippen LogP contribution < -0.4 is 5.32 Å². The molecule has 5 heteroatoms. The third-order valence-electron chi connectivity index (χ3n) is 2.81. The van der Waals surface area contributed by atoms with Crippen LogP contribution in [-0.4, -0.2) is 46.2 Å². The topological polar surface area (TPSA) is 55.4 Å². The smallest absolute Gasteiger partial charge is 0.153 e. The number of nitrogens with one attached hydrogen (secondary N) is 1. The zero-order chi connectivity index (χ0) is 11.3. The van der Waals surface area contributed by atoms with E-state index in [0.717, 1.165) is 5.92 Å². The van der Waals surface area contributed by atoms with E-state index in [9.17, 15) is 8.42 Å². The van der Waals surface area contributed by atoms with E-state index in [1.54, 1.807) is 0 Å². The Bertz CT molecular complexity index is 272. The normalized spacial score (nSPS) is 19.1. The second-order valence-electron chi connectivity index (χ2n) is 4.22. The van der Waals surface area contributed by atoms with Gasteiger partial charge in [-0.15, -0.1) is 0 Å². The van der Waals surface area contributed by atoms with E-state index in [4.69, 9.17) is 4.74 Å². The number of hydrogen-bond donors (Lipinski definition) is 1. The molecule has 0 bridgehead atoms. The fraction of sp³-hybridized carbons (Fsp3) is 1.00. The van der Waals surface area contributed by atoms with Crippen molar-refractivity contribution in [1.29, 1.82) is 0 Å². The lowest BCUT2D eigenvalue weighted by Crippen LogP contribution is -2.33. The largest absolute Gasteiger partial charge is 0.384 e. The van der Waals surface area contributed by atoms with E-state index < -0.39 is 9.84 Å². The zero-order valence-corrected chi connectivity index (χ0v) is 10.3. The average Bonchev–Trinajstić information content (AvgIpc) is 2.97. The predicted octanol–water partition coefficient (Wildman–Crippen LogP) is 0.436. The summed E-state index contributed by atoms with van der Waals surface area (Å²) in [6, 6.07) is 0.461. The minimum absolute atomic E-state index is 0.128. The average molecular weight is 235 g/mol. The van der Waals surface area contributed by atoms with E-state index in [2.05, 4.69) is 12.2 Å². The highest BCUT2D eigenvalue weighted by atomic mass is 32.2. The molecule has 1 saturated carbocycles. The van der Waals surface area contributed by atoms with Gasteiger partial charge in [0.05, 0.1) is 18.1 Å². The second-order valence-corrected chi connectivity index (χ2v) is 6.53. The fourth-order valence-corrected chi connectivity index (χ4v) is 2.57. The number of rotatable bonds is 8. The van der Waals surface area contributed by atoms with Crippen LogP contribution in [0.2, 0.25) is 0 Å². The first-order chi connectivity index (χ1) is 7.05. The molecular weight excluding hydrogens is 214 g/mol. The van der Waals surface area contributed by atoms with Crippen molar-refractivity contribution in [3.05, 3.63) is 0 Å². The second kappa shape index (κ2) is 5.82. The molecule has 0 aromatic rings. The Kier molecular flexibility index (Phi) is 5.02. The van der Waals surface area contributed by atoms with Crippen molar-refractivity contribution >= 4 is 9.84 Å². The Morgan fingerprint density at radius 2 is 2.07 bits per heavy atom. The molecule has 1 rings (SSSR count). The molecule has 1 N–H and O–H groups in total. The molecule has 15 heavy (non-hydrogen) atoms. The van der Waals surface area contributed by atoms with E-state index in [0.29, 0.717) is 19.2 Å². The summed E-state index contributed by atoms with van der Waals surface area (Å²) in [4.78, 5) is 0. The molecule has 0 aliphatic heterocycles. The Morgan fingerprint density at radius 1 is 1.40 bits per heavy atom. The molecule has 1 fully saturated rings. The van der Waals surface area contributed by atoms with Gasteiger partial charge in [-0.05, 0) is 25.7 Å². The molecule has 0 spiro atoms. The molecular formula is C10H21NO3S. The van der Waals surface area contributed by atoms with Crippen LogP contribution in [0.3, 0.4) is 0 Å². The van der Waals surface area contributed by atoms with Crippen LogP contribution in [-0.2, 0) is 14.6 Å². The summed E-state index contributed by atoms with van der Waals surface area (Å²) in [7, 11) is -1.42. The van der Waals surface area contributed by atoms with Gasteiger partial charge in [-0.3, -0.25) is 0 Å². The van der Waals surface area contributed by atoms with Gasteiger partial charge in [-0.1, -0.05) is 0 Å². The highest BCUT2D eigenvalue weighted by Crippen LogP contribution is 2.32. The highest BCUT2D eigenvalue weighted by molar-refractivity contribution is 7.91. The standard InChI is InChI=1S/C10H21NO3S/c1-9(10-3-4-10)11-5-7-15(12,13)8-6-14-2/h9-11H,3-8H2,1-2H3. The molecule has 0 saturated heterocycles. The lowest BCUT2D eigenvalue weighted by Gasteiger charge is -2.12. The first-order valence-electron chi connectivity index (χ1n) is 5.48. The lowest BCUT2D eigenvalue weighted by molar-refractivity contribution is 0.217. The number of ether oxygens (including phenoxy) is 1. The number of methoxy groups -OCH3 is 1. The molecule has 0 amide bonds. The van der Waals surface area contributed by atoms with Gasteiger partial charge in [0.2, 0.25) is 0 Å². The third-order valence-corrected chi connectivity index (χ3v) is 4.42. The summed E-state index contributed by atoms with van der Waals surface area (Å²) in [5.74, 6) is 1.11. The fourth-order valence-electron chi connectivity index (χ4n) is 1.52. The zero-order valence-electron chi connectivity index (χ0n) is 9.53. The summed E-state index contributed by atoms with van der Waals surface area (Å²) < 4.78 is 27.6. The van der Waals surface area contributed by atoms with Crippen LogP contribution in [0.1, 0.15) is 19.8 Å². The van der Waals surface area contributed by atoms with Crippen molar-refractivity contribution in [2.75, 3.05) is 31.8 Å².